The summed E-state index contributed by atoms with van der Waals surface area (Å²) >= 11 is 0. The zero-order chi connectivity index (χ0) is 28.6. The molecule has 0 saturated carbocycles. The van der Waals surface area contributed by atoms with E-state index in [-0.39, 0.29) is 5.92 Å². The van der Waals surface area contributed by atoms with E-state index in [9.17, 15) is 9.90 Å². The molecule has 1 N–H and O–H groups in total. The molecular weight excluding hydrogens is 500 g/mol. The van der Waals surface area contributed by atoms with Crippen LogP contribution in [0.5, 0.6) is 0 Å². The van der Waals surface area contributed by atoms with E-state index in [0.717, 1.165) is 59.1 Å². The van der Waals surface area contributed by atoms with Gasteiger partial charge in [-0.3, -0.25) is 9.69 Å². The summed E-state index contributed by atoms with van der Waals surface area (Å²) in [6.07, 6.45) is 7.75. The third kappa shape index (κ3) is 5.29. The lowest BCUT2D eigenvalue weighted by molar-refractivity contribution is -0.147. The minimum Gasteiger partial charge on any atom is -0.481 e. The van der Waals surface area contributed by atoms with Crippen molar-refractivity contribution in [1.29, 1.82) is 0 Å². The predicted molar refractivity (Wildman–Crippen MR) is 157 cm³/mol. The van der Waals surface area contributed by atoms with Crippen LogP contribution in [-0.2, 0) is 24.9 Å². The van der Waals surface area contributed by atoms with Crippen LogP contribution < -0.4 is 0 Å². The molecule has 5 rings (SSSR count). The minimum absolute atomic E-state index is 0.363. The predicted octanol–water partition coefficient (Wildman–Crippen LogP) is 5.69. The molecule has 1 aliphatic heterocycles. The van der Waals surface area contributed by atoms with Crippen LogP contribution in [0.1, 0.15) is 79.6 Å². The van der Waals surface area contributed by atoms with E-state index in [1.165, 1.54) is 30.4 Å². The number of hydrogen-bond acceptors (Lipinski definition) is 5. The molecule has 0 aliphatic carbocycles. The Kier molecular flexibility index (Phi) is 7.82. The van der Waals surface area contributed by atoms with Gasteiger partial charge in [0.2, 0.25) is 0 Å². The highest BCUT2D eigenvalue weighted by Gasteiger charge is 2.40. The summed E-state index contributed by atoms with van der Waals surface area (Å²) in [6, 6.07) is 10.4. The molecular formula is C32H42N6O2. The van der Waals surface area contributed by atoms with Gasteiger partial charge in [0.1, 0.15) is 11.3 Å². The first kappa shape index (κ1) is 28.0. The minimum atomic E-state index is -1.04. The van der Waals surface area contributed by atoms with Gasteiger partial charge in [-0.25, -0.2) is 9.67 Å². The van der Waals surface area contributed by atoms with E-state index in [0.29, 0.717) is 6.54 Å². The molecule has 0 radical (unpaired) electrons. The molecule has 8 heteroatoms. The number of aromatic nitrogens is 5. The number of aliphatic carboxylic acids is 1. The van der Waals surface area contributed by atoms with E-state index in [2.05, 4.69) is 58.0 Å². The fourth-order valence-corrected chi connectivity index (χ4v) is 6.28. The van der Waals surface area contributed by atoms with Crippen molar-refractivity contribution in [3.63, 3.8) is 0 Å². The van der Waals surface area contributed by atoms with Crippen LogP contribution in [0.2, 0.25) is 0 Å². The maximum Gasteiger partial charge on any atom is 0.310 e. The standard InChI is InChI=1S/C32H42N6O2/c1-7-23-12-15-37(16-13-23)20-28-33-14-17-38(28)19-25-18-24(9-8-21(25)2)29(32(4,5)31(39)40)26-10-11-27-30(22(26)3)34-35-36(27)6/h8-11,14,17-18,23,29H,7,12-13,15-16,19-20H2,1-6H3,(H,39,40)/t29-/m1/s1. The topological polar surface area (TPSA) is 89.1 Å². The maximum atomic E-state index is 12.6. The van der Waals surface area contributed by atoms with E-state index in [1.807, 2.05) is 46.1 Å². The van der Waals surface area contributed by atoms with E-state index in [1.54, 1.807) is 4.68 Å². The molecule has 1 atom stereocenters. The number of nitrogens with zero attached hydrogens (tertiary/aromatic N) is 6. The second kappa shape index (κ2) is 11.2. The van der Waals surface area contributed by atoms with E-state index < -0.39 is 11.4 Å². The van der Waals surface area contributed by atoms with Crippen molar-refractivity contribution in [1.82, 2.24) is 29.4 Å². The van der Waals surface area contributed by atoms with Crippen molar-refractivity contribution in [3.05, 3.63) is 76.4 Å². The molecule has 0 amide bonds. The lowest BCUT2D eigenvalue weighted by Crippen LogP contribution is -2.34. The Morgan fingerprint density at radius 3 is 2.58 bits per heavy atom. The van der Waals surface area contributed by atoms with Gasteiger partial charge in [0, 0.05) is 31.9 Å². The first-order chi connectivity index (χ1) is 19.1. The zero-order valence-electron chi connectivity index (χ0n) is 24.7. The summed E-state index contributed by atoms with van der Waals surface area (Å²) in [6.45, 7) is 13.9. The first-order valence-corrected chi connectivity index (χ1v) is 14.4. The number of rotatable bonds is 9. The Labute approximate surface area is 237 Å². The lowest BCUT2D eigenvalue weighted by Gasteiger charge is -2.33. The number of aryl methyl sites for hydroxylation is 3. The van der Waals surface area contributed by atoms with Gasteiger partial charge in [-0.15, -0.1) is 5.10 Å². The molecule has 4 aromatic rings. The summed E-state index contributed by atoms with van der Waals surface area (Å²) < 4.78 is 3.99. The highest BCUT2D eigenvalue weighted by molar-refractivity contribution is 5.81. The number of piperidine rings is 1. The van der Waals surface area contributed by atoms with Crippen LogP contribution in [0.25, 0.3) is 11.0 Å². The number of fused-ring (bicyclic) bond motifs is 1. The molecule has 1 saturated heterocycles. The van der Waals surface area contributed by atoms with Crippen molar-refractivity contribution < 1.29 is 9.90 Å². The van der Waals surface area contributed by atoms with Crippen molar-refractivity contribution in [3.8, 4) is 0 Å². The van der Waals surface area contributed by atoms with Gasteiger partial charge in [0.25, 0.3) is 0 Å². The summed E-state index contributed by atoms with van der Waals surface area (Å²) in [5.74, 6) is 0.730. The molecule has 0 spiro atoms. The van der Waals surface area contributed by atoms with E-state index >= 15 is 0 Å². The normalized spacial score (nSPS) is 16.1. The summed E-state index contributed by atoms with van der Waals surface area (Å²) in [4.78, 5) is 19.9. The van der Waals surface area contributed by atoms with Crippen LogP contribution in [0, 0.1) is 25.2 Å². The van der Waals surface area contributed by atoms with Gasteiger partial charge in [-0.05, 0) is 93.4 Å². The van der Waals surface area contributed by atoms with Gasteiger partial charge in [-0.2, -0.15) is 0 Å². The Morgan fingerprint density at radius 2 is 1.88 bits per heavy atom. The summed E-state index contributed by atoms with van der Waals surface area (Å²) in [5, 5.41) is 18.9. The van der Waals surface area contributed by atoms with E-state index in [4.69, 9.17) is 4.98 Å². The second-order valence-electron chi connectivity index (χ2n) is 12.1. The number of likely N-dealkylation sites (tertiary alicyclic amines) is 1. The molecule has 212 valence electrons. The van der Waals surface area contributed by atoms with Crippen LogP contribution in [0.15, 0.2) is 42.7 Å². The summed E-state index contributed by atoms with van der Waals surface area (Å²) in [5.41, 5.74) is 5.98. The lowest BCUT2D eigenvalue weighted by atomic mass is 9.69. The monoisotopic (exact) mass is 542 g/mol. The van der Waals surface area contributed by atoms with Gasteiger partial charge in [0.05, 0.1) is 17.5 Å². The van der Waals surface area contributed by atoms with Crippen LogP contribution in [0.3, 0.4) is 0 Å². The highest BCUT2D eigenvalue weighted by atomic mass is 16.4. The molecule has 40 heavy (non-hydrogen) atoms. The van der Waals surface area contributed by atoms with Gasteiger partial charge < -0.3 is 9.67 Å². The quantitative estimate of drug-likeness (QED) is 0.292. The Hall–Kier alpha value is -3.52. The number of imidazole rings is 1. The maximum absolute atomic E-state index is 12.6. The zero-order valence-corrected chi connectivity index (χ0v) is 24.7. The first-order valence-electron chi connectivity index (χ1n) is 14.4. The molecule has 0 bridgehead atoms. The fraction of sp³-hybridized carbons (Fsp3) is 0.500. The molecule has 2 aromatic heterocycles. The number of carbonyl (C=O) groups is 1. The van der Waals surface area contributed by atoms with Crippen molar-refractivity contribution in [2.24, 2.45) is 18.4 Å². The van der Waals surface area contributed by atoms with Crippen LogP contribution >= 0.6 is 0 Å². The van der Waals surface area contributed by atoms with Crippen molar-refractivity contribution in [2.45, 2.75) is 72.9 Å². The molecule has 2 aromatic carbocycles. The van der Waals surface area contributed by atoms with Crippen LogP contribution in [0.4, 0.5) is 0 Å². The number of benzene rings is 2. The van der Waals surface area contributed by atoms with Crippen molar-refractivity contribution >= 4 is 17.0 Å². The fourth-order valence-electron chi connectivity index (χ4n) is 6.28. The SMILES string of the molecule is CCC1CCN(Cc2nccn2Cc2cc([C@H](c3ccc4c(nnn4C)c3C)C(C)(C)C(=O)O)ccc2C)CC1. The van der Waals surface area contributed by atoms with Crippen LogP contribution in [-0.4, -0.2) is 53.6 Å². The Balaban J connectivity index is 1.48. The van der Waals surface area contributed by atoms with Crippen molar-refractivity contribution in [2.75, 3.05) is 13.1 Å². The highest BCUT2D eigenvalue weighted by Crippen LogP contribution is 2.44. The van der Waals surface area contributed by atoms with Gasteiger partial charge in [0.15, 0.2) is 0 Å². The molecule has 3 heterocycles. The Morgan fingerprint density at radius 1 is 1.12 bits per heavy atom. The Bertz CT molecular complexity index is 1510. The molecule has 0 unspecified atom stereocenters. The number of carboxylic acids is 1. The number of carboxylic acid groups (broad SMARTS) is 1. The third-order valence-corrected chi connectivity index (χ3v) is 9.16. The average Bonchev–Trinajstić information content (AvgIpc) is 3.53. The summed E-state index contributed by atoms with van der Waals surface area (Å²) in [7, 11) is 1.87. The molecule has 8 nitrogen and oxygen atoms in total. The average molecular weight is 543 g/mol. The largest absolute Gasteiger partial charge is 0.481 e. The molecule has 1 fully saturated rings. The van der Waals surface area contributed by atoms with Gasteiger partial charge >= 0.3 is 5.97 Å². The third-order valence-electron chi connectivity index (χ3n) is 9.16. The number of hydrogen-bond donors (Lipinski definition) is 1. The smallest absolute Gasteiger partial charge is 0.310 e. The van der Waals surface area contributed by atoms with Gasteiger partial charge in [-0.1, -0.05) is 42.8 Å². The second-order valence-corrected chi connectivity index (χ2v) is 12.1. The molecule has 1 aliphatic rings.